The van der Waals surface area contributed by atoms with Crippen LogP contribution in [0.5, 0.6) is 0 Å². The normalized spacial score (nSPS) is 10.9. The van der Waals surface area contributed by atoms with Crippen LogP contribution in [-0.4, -0.2) is 17.0 Å². The van der Waals surface area contributed by atoms with E-state index in [0.29, 0.717) is 17.5 Å². The topological polar surface area (TPSA) is 51.0 Å². The Bertz CT molecular complexity index is 517. The van der Waals surface area contributed by atoms with Crippen molar-refractivity contribution in [2.75, 3.05) is 12.4 Å². The van der Waals surface area contributed by atoms with Crippen LogP contribution in [0.4, 0.5) is 5.82 Å². The number of nitrogens with zero attached hydrogens (tertiary/aromatic N) is 2. The first-order valence-electron chi connectivity index (χ1n) is 5.73. The van der Waals surface area contributed by atoms with E-state index in [4.69, 9.17) is 4.42 Å². The molecule has 0 saturated heterocycles. The zero-order valence-corrected chi connectivity index (χ0v) is 10.6. The summed E-state index contributed by atoms with van der Waals surface area (Å²) in [7, 11) is 1.85. The van der Waals surface area contributed by atoms with Gasteiger partial charge >= 0.3 is 0 Å². The molecule has 0 unspecified atom stereocenters. The molecule has 0 amide bonds. The molecule has 4 nitrogen and oxygen atoms in total. The molecule has 90 valence electrons. The second kappa shape index (κ2) is 4.57. The minimum absolute atomic E-state index is 0.361. The molecule has 0 saturated carbocycles. The van der Waals surface area contributed by atoms with Crippen molar-refractivity contribution < 1.29 is 4.42 Å². The second-order valence-corrected chi connectivity index (χ2v) is 4.32. The maximum atomic E-state index is 5.55. The van der Waals surface area contributed by atoms with E-state index in [1.807, 2.05) is 32.2 Å². The second-order valence-electron chi connectivity index (χ2n) is 4.32. The van der Waals surface area contributed by atoms with E-state index in [0.717, 1.165) is 17.3 Å². The largest absolute Gasteiger partial charge is 0.458 e. The summed E-state index contributed by atoms with van der Waals surface area (Å²) in [5.41, 5.74) is 1.01. The van der Waals surface area contributed by atoms with Crippen LogP contribution < -0.4 is 5.32 Å². The molecule has 1 N–H and O–H groups in total. The van der Waals surface area contributed by atoms with Gasteiger partial charge in [-0.1, -0.05) is 13.8 Å². The van der Waals surface area contributed by atoms with Gasteiger partial charge in [-0.15, -0.1) is 0 Å². The third kappa shape index (κ3) is 2.46. The first-order chi connectivity index (χ1) is 8.10. The number of anilines is 1. The average Bonchev–Trinajstić information content (AvgIpc) is 2.75. The fourth-order valence-corrected chi connectivity index (χ4v) is 1.55. The van der Waals surface area contributed by atoms with Gasteiger partial charge in [0.05, 0.1) is 0 Å². The Hall–Kier alpha value is -1.84. The molecule has 4 heteroatoms. The van der Waals surface area contributed by atoms with Crippen LogP contribution in [-0.2, 0) is 0 Å². The highest BCUT2D eigenvalue weighted by Crippen LogP contribution is 2.23. The standard InChI is InChI=1S/C13H17N3O/c1-8(2)10-7-12(14-4)16-13(15-10)11-6-5-9(3)17-11/h5-8H,1-4H3,(H,14,15,16). The van der Waals surface area contributed by atoms with Crippen molar-refractivity contribution in [1.29, 1.82) is 0 Å². The van der Waals surface area contributed by atoms with Gasteiger partial charge in [0.2, 0.25) is 0 Å². The minimum atomic E-state index is 0.361. The van der Waals surface area contributed by atoms with Crippen LogP contribution >= 0.6 is 0 Å². The summed E-state index contributed by atoms with van der Waals surface area (Å²) < 4.78 is 5.55. The lowest BCUT2D eigenvalue weighted by molar-refractivity contribution is 0.543. The summed E-state index contributed by atoms with van der Waals surface area (Å²) in [6, 6.07) is 5.78. The molecule has 0 spiro atoms. The van der Waals surface area contributed by atoms with Crippen molar-refractivity contribution >= 4 is 5.82 Å². The van der Waals surface area contributed by atoms with Gasteiger partial charge in [-0.2, -0.15) is 0 Å². The Kier molecular flexibility index (Phi) is 3.13. The van der Waals surface area contributed by atoms with Crippen LogP contribution in [0.2, 0.25) is 0 Å². The van der Waals surface area contributed by atoms with Crippen molar-refractivity contribution in [3.05, 3.63) is 29.7 Å². The molecule has 0 aliphatic carbocycles. The quantitative estimate of drug-likeness (QED) is 0.881. The van der Waals surface area contributed by atoms with E-state index in [2.05, 4.69) is 29.1 Å². The molecule has 2 aromatic rings. The predicted molar refractivity (Wildman–Crippen MR) is 68.1 cm³/mol. The Morgan fingerprint density at radius 2 is 2.00 bits per heavy atom. The number of rotatable bonds is 3. The predicted octanol–water partition coefficient (Wildman–Crippen LogP) is 3.21. The van der Waals surface area contributed by atoms with Gasteiger partial charge in [-0.3, -0.25) is 0 Å². The summed E-state index contributed by atoms with van der Waals surface area (Å²) in [4.78, 5) is 8.92. The molecule has 2 heterocycles. The molecule has 17 heavy (non-hydrogen) atoms. The third-order valence-corrected chi connectivity index (χ3v) is 2.55. The summed E-state index contributed by atoms with van der Waals surface area (Å²) in [6.07, 6.45) is 0. The van der Waals surface area contributed by atoms with E-state index < -0.39 is 0 Å². The lowest BCUT2D eigenvalue weighted by atomic mass is 10.1. The highest BCUT2D eigenvalue weighted by atomic mass is 16.3. The molecular formula is C13H17N3O. The minimum Gasteiger partial charge on any atom is -0.458 e. The molecule has 2 aromatic heterocycles. The molecule has 0 aromatic carbocycles. The van der Waals surface area contributed by atoms with Gasteiger partial charge in [-0.05, 0) is 25.0 Å². The van der Waals surface area contributed by atoms with Crippen LogP contribution in [0.25, 0.3) is 11.6 Å². The van der Waals surface area contributed by atoms with Crippen molar-refractivity contribution in [3.63, 3.8) is 0 Å². The van der Waals surface area contributed by atoms with Crippen LogP contribution in [0.3, 0.4) is 0 Å². The zero-order valence-electron chi connectivity index (χ0n) is 10.6. The summed E-state index contributed by atoms with van der Waals surface area (Å²) in [5, 5.41) is 3.05. The average molecular weight is 231 g/mol. The van der Waals surface area contributed by atoms with Crippen molar-refractivity contribution in [3.8, 4) is 11.6 Å². The first kappa shape index (κ1) is 11.6. The molecule has 0 aliphatic rings. The maximum absolute atomic E-state index is 5.55. The fourth-order valence-electron chi connectivity index (χ4n) is 1.55. The summed E-state index contributed by atoms with van der Waals surface area (Å²) >= 11 is 0. The molecule has 2 rings (SSSR count). The lowest BCUT2D eigenvalue weighted by Gasteiger charge is -2.08. The van der Waals surface area contributed by atoms with Gasteiger partial charge in [0.25, 0.3) is 0 Å². The monoisotopic (exact) mass is 231 g/mol. The summed E-state index contributed by atoms with van der Waals surface area (Å²) in [5.74, 6) is 3.38. The van der Waals surface area contributed by atoms with Crippen molar-refractivity contribution in [2.24, 2.45) is 0 Å². The van der Waals surface area contributed by atoms with Gasteiger partial charge < -0.3 is 9.73 Å². The number of hydrogen-bond acceptors (Lipinski definition) is 4. The molecule has 0 aliphatic heterocycles. The SMILES string of the molecule is CNc1cc(C(C)C)nc(-c2ccc(C)o2)n1. The number of aryl methyl sites for hydroxylation is 1. The Morgan fingerprint density at radius 3 is 2.53 bits per heavy atom. The number of furan rings is 1. The lowest BCUT2D eigenvalue weighted by Crippen LogP contribution is -2.01. The maximum Gasteiger partial charge on any atom is 0.197 e. The highest BCUT2D eigenvalue weighted by molar-refractivity contribution is 5.52. The third-order valence-electron chi connectivity index (χ3n) is 2.55. The van der Waals surface area contributed by atoms with E-state index in [9.17, 15) is 0 Å². The molecule has 0 fully saturated rings. The summed E-state index contributed by atoms with van der Waals surface area (Å²) in [6.45, 7) is 6.13. The van der Waals surface area contributed by atoms with Gasteiger partial charge in [0.15, 0.2) is 11.6 Å². The smallest absolute Gasteiger partial charge is 0.197 e. The van der Waals surface area contributed by atoms with E-state index >= 15 is 0 Å². The number of aromatic nitrogens is 2. The van der Waals surface area contributed by atoms with Gasteiger partial charge in [0.1, 0.15) is 11.6 Å². The first-order valence-corrected chi connectivity index (χ1v) is 5.73. The van der Waals surface area contributed by atoms with Crippen LogP contribution in [0.15, 0.2) is 22.6 Å². The number of hydrogen-bond donors (Lipinski definition) is 1. The zero-order chi connectivity index (χ0) is 12.4. The Balaban J connectivity index is 2.49. The molecule has 0 radical (unpaired) electrons. The highest BCUT2D eigenvalue weighted by Gasteiger charge is 2.11. The number of nitrogens with one attached hydrogen (secondary N) is 1. The Morgan fingerprint density at radius 1 is 1.24 bits per heavy atom. The Labute approximate surface area is 101 Å². The molecule has 0 atom stereocenters. The molecule has 0 bridgehead atoms. The van der Waals surface area contributed by atoms with Gasteiger partial charge in [0, 0.05) is 18.8 Å². The van der Waals surface area contributed by atoms with E-state index in [1.165, 1.54) is 0 Å². The molecular weight excluding hydrogens is 214 g/mol. The van der Waals surface area contributed by atoms with Crippen molar-refractivity contribution in [1.82, 2.24) is 9.97 Å². The van der Waals surface area contributed by atoms with E-state index in [-0.39, 0.29) is 0 Å². The van der Waals surface area contributed by atoms with Gasteiger partial charge in [-0.25, -0.2) is 9.97 Å². The fraction of sp³-hybridized carbons (Fsp3) is 0.385. The van der Waals surface area contributed by atoms with E-state index in [1.54, 1.807) is 0 Å². The van der Waals surface area contributed by atoms with Crippen LogP contribution in [0.1, 0.15) is 31.2 Å². The van der Waals surface area contributed by atoms with Crippen molar-refractivity contribution in [2.45, 2.75) is 26.7 Å². The van der Waals surface area contributed by atoms with Crippen LogP contribution in [0, 0.1) is 6.92 Å².